The van der Waals surface area contributed by atoms with Crippen LogP contribution in [-0.2, 0) is 4.74 Å². The highest BCUT2D eigenvalue weighted by molar-refractivity contribution is 5.80. The summed E-state index contributed by atoms with van der Waals surface area (Å²) in [5, 5.41) is 7.02. The molecule has 0 aromatic heterocycles. The lowest BCUT2D eigenvalue weighted by molar-refractivity contribution is 0.128. The molecule has 1 atom stereocenters. The third-order valence-electron chi connectivity index (χ3n) is 4.50. The SMILES string of the molecule is CCOCCC1(CNC(=NC)NC(C)CCC(C)(C)C)CC1. The van der Waals surface area contributed by atoms with Crippen LogP contribution in [0.4, 0.5) is 0 Å². The van der Waals surface area contributed by atoms with Crippen LogP contribution in [0.25, 0.3) is 0 Å². The van der Waals surface area contributed by atoms with Gasteiger partial charge in [0.2, 0.25) is 0 Å². The molecule has 0 radical (unpaired) electrons. The van der Waals surface area contributed by atoms with Gasteiger partial charge in [0.15, 0.2) is 5.96 Å². The molecular weight excluding hydrogens is 274 g/mol. The quantitative estimate of drug-likeness (QED) is 0.389. The van der Waals surface area contributed by atoms with Crippen molar-refractivity contribution in [3.63, 3.8) is 0 Å². The Morgan fingerprint density at radius 3 is 2.50 bits per heavy atom. The van der Waals surface area contributed by atoms with Gasteiger partial charge in [-0.1, -0.05) is 20.8 Å². The summed E-state index contributed by atoms with van der Waals surface area (Å²) in [6, 6.07) is 0.448. The zero-order valence-electron chi connectivity index (χ0n) is 15.6. The molecule has 0 spiro atoms. The maximum Gasteiger partial charge on any atom is 0.191 e. The van der Waals surface area contributed by atoms with Gasteiger partial charge >= 0.3 is 0 Å². The minimum absolute atomic E-state index is 0.393. The summed E-state index contributed by atoms with van der Waals surface area (Å²) in [5.41, 5.74) is 0.839. The fraction of sp³-hybridized carbons (Fsp3) is 0.944. The third kappa shape index (κ3) is 8.02. The van der Waals surface area contributed by atoms with Crippen LogP contribution in [0.15, 0.2) is 4.99 Å². The maximum absolute atomic E-state index is 5.50. The minimum Gasteiger partial charge on any atom is -0.382 e. The molecule has 1 rings (SSSR count). The Hall–Kier alpha value is -0.770. The van der Waals surface area contributed by atoms with Crippen molar-refractivity contribution in [2.75, 3.05) is 26.8 Å². The molecule has 1 fully saturated rings. The predicted octanol–water partition coefficient (Wildman–Crippen LogP) is 3.57. The van der Waals surface area contributed by atoms with Crippen LogP contribution >= 0.6 is 0 Å². The number of rotatable bonds is 9. The molecule has 0 aliphatic heterocycles. The molecule has 0 aromatic rings. The van der Waals surface area contributed by atoms with E-state index in [4.69, 9.17) is 4.74 Å². The normalized spacial score (nSPS) is 18.9. The lowest BCUT2D eigenvalue weighted by Crippen LogP contribution is -2.44. The van der Waals surface area contributed by atoms with Gasteiger partial charge in [-0.2, -0.15) is 0 Å². The van der Waals surface area contributed by atoms with Crippen LogP contribution in [-0.4, -0.2) is 38.8 Å². The summed E-state index contributed by atoms with van der Waals surface area (Å²) < 4.78 is 5.50. The number of guanidine groups is 1. The average Bonchev–Trinajstić information content (AvgIpc) is 3.21. The second-order valence-corrected chi connectivity index (χ2v) is 8.02. The number of nitrogens with one attached hydrogen (secondary N) is 2. The largest absolute Gasteiger partial charge is 0.382 e. The lowest BCUT2D eigenvalue weighted by Gasteiger charge is -2.24. The smallest absolute Gasteiger partial charge is 0.191 e. The Kier molecular flexibility index (Phi) is 7.67. The van der Waals surface area contributed by atoms with E-state index < -0.39 is 0 Å². The molecule has 0 aromatic carbocycles. The Bertz CT molecular complexity index is 343. The third-order valence-corrected chi connectivity index (χ3v) is 4.50. The fourth-order valence-electron chi connectivity index (χ4n) is 2.55. The summed E-state index contributed by atoms with van der Waals surface area (Å²) in [7, 11) is 1.85. The minimum atomic E-state index is 0.393. The van der Waals surface area contributed by atoms with E-state index in [-0.39, 0.29) is 0 Å². The van der Waals surface area contributed by atoms with Crippen LogP contribution in [0, 0.1) is 10.8 Å². The van der Waals surface area contributed by atoms with E-state index in [1.54, 1.807) is 0 Å². The number of ether oxygens (including phenoxy) is 1. The standard InChI is InChI=1S/C18H37N3O/c1-7-22-13-12-18(10-11-18)14-20-16(19-6)21-15(2)8-9-17(3,4)5/h15H,7-14H2,1-6H3,(H2,19,20,21). The number of hydrogen-bond acceptors (Lipinski definition) is 2. The first-order valence-electron chi connectivity index (χ1n) is 8.85. The molecule has 0 heterocycles. The summed E-state index contributed by atoms with van der Waals surface area (Å²) in [6.07, 6.45) is 6.16. The first kappa shape index (κ1) is 19.3. The van der Waals surface area contributed by atoms with Crippen LogP contribution in [0.3, 0.4) is 0 Å². The highest BCUT2D eigenvalue weighted by Crippen LogP contribution is 2.48. The Morgan fingerprint density at radius 2 is 2.00 bits per heavy atom. The van der Waals surface area contributed by atoms with Gasteiger partial charge < -0.3 is 15.4 Å². The van der Waals surface area contributed by atoms with Crippen LogP contribution in [0.2, 0.25) is 0 Å². The summed E-state index contributed by atoms with van der Waals surface area (Å²) in [4.78, 5) is 4.36. The topological polar surface area (TPSA) is 45.6 Å². The zero-order chi connectivity index (χ0) is 16.6. The molecule has 1 unspecified atom stereocenters. The van der Waals surface area contributed by atoms with Crippen molar-refractivity contribution in [3.8, 4) is 0 Å². The van der Waals surface area contributed by atoms with Crippen LogP contribution in [0.5, 0.6) is 0 Å². The molecule has 1 aliphatic rings. The van der Waals surface area contributed by atoms with Crippen molar-refractivity contribution in [1.29, 1.82) is 0 Å². The molecular formula is C18H37N3O. The molecule has 4 heteroatoms. The molecule has 0 saturated heterocycles. The van der Waals surface area contributed by atoms with E-state index in [0.717, 1.165) is 32.1 Å². The highest BCUT2D eigenvalue weighted by atomic mass is 16.5. The summed E-state index contributed by atoms with van der Waals surface area (Å²) >= 11 is 0. The van der Waals surface area contributed by atoms with Crippen molar-refractivity contribution in [2.45, 2.75) is 72.8 Å². The molecule has 0 amide bonds. The van der Waals surface area contributed by atoms with Gasteiger partial charge in [0, 0.05) is 32.8 Å². The van der Waals surface area contributed by atoms with E-state index >= 15 is 0 Å². The summed E-state index contributed by atoms with van der Waals surface area (Å²) in [6.45, 7) is 13.9. The van der Waals surface area contributed by atoms with Crippen molar-refractivity contribution in [2.24, 2.45) is 15.8 Å². The molecule has 130 valence electrons. The van der Waals surface area contributed by atoms with Crippen LogP contribution in [0.1, 0.15) is 66.7 Å². The molecule has 1 saturated carbocycles. The van der Waals surface area contributed by atoms with Gasteiger partial charge in [0.1, 0.15) is 0 Å². The van der Waals surface area contributed by atoms with E-state index in [2.05, 4.69) is 50.2 Å². The second kappa shape index (κ2) is 8.76. The van der Waals surface area contributed by atoms with Gasteiger partial charge in [-0.25, -0.2) is 0 Å². The Labute approximate surface area is 137 Å². The molecule has 1 aliphatic carbocycles. The molecule has 4 nitrogen and oxygen atoms in total. The van der Waals surface area contributed by atoms with Crippen molar-refractivity contribution in [3.05, 3.63) is 0 Å². The van der Waals surface area contributed by atoms with Crippen LogP contribution < -0.4 is 10.6 Å². The fourth-order valence-corrected chi connectivity index (χ4v) is 2.55. The van der Waals surface area contributed by atoms with Gasteiger partial charge in [-0.15, -0.1) is 0 Å². The molecule has 2 N–H and O–H groups in total. The van der Waals surface area contributed by atoms with Crippen molar-refractivity contribution in [1.82, 2.24) is 10.6 Å². The lowest BCUT2D eigenvalue weighted by atomic mass is 9.89. The van der Waals surface area contributed by atoms with Gasteiger partial charge in [0.05, 0.1) is 0 Å². The van der Waals surface area contributed by atoms with E-state index in [1.165, 1.54) is 25.7 Å². The van der Waals surface area contributed by atoms with Crippen molar-refractivity contribution >= 4 is 5.96 Å². The first-order chi connectivity index (χ1) is 10.3. The average molecular weight is 312 g/mol. The predicted molar refractivity (Wildman–Crippen MR) is 95.4 cm³/mol. The number of nitrogens with zero attached hydrogens (tertiary/aromatic N) is 1. The van der Waals surface area contributed by atoms with Gasteiger partial charge in [-0.3, -0.25) is 4.99 Å². The molecule has 0 bridgehead atoms. The highest BCUT2D eigenvalue weighted by Gasteiger charge is 2.41. The van der Waals surface area contributed by atoms with Crippen molar-refractivity contribution < 1.29 is 4.74 Å². The van der Waals surface area contributed by atoms with E-state index in [9.17, 15) is 0 Å². The monoisotopic (exact) mass is 311 g/mol. The van der Waals surface area contributed by atoms with Gasteiger partial charge in [0.25, 0.3) is 0 Å². The number of aliphatic imine (C=N–C) groups is 1. The Balaban J connectivity index is 2.28. The molecule has 22 heavy (non-hydrogen) atoms. The van der Waals surface area contributed by atoms with E-state index in [0.29, 0.717) is 16.9 Å². The maximum atomic E-state index is 5.50. The zero-order valence-corrected chi connectivity index (χ0v) is 15.6. The number of hydrogen-bond donors (Lipinski definition) is 2. The second-order valence-electron chi connectivity index (χ2n) is 8.02. The van der Waals surface area contributed by atoms with Gasteiger partial charge in [-0.05, 0) is 56.8 Å². The van der Waals surface area contributed by atoms with E-state index in [1.807, 2.05) is 7.05 Å². The Morgan fingerprint density at radius 1 is 1.32 bits per heavy atom. The summed E-state index contributed by atoms with van der Waals surface area (Å²) in [5.74, 6) is 0.934. The first-order valence-corrected chi connectivity index (χ1v) is 8.85.